The molecule has 158 valence electrons. The molecule has 8 nitrogen and oxygen atoms in total. The van der Waals surface area contributed by atoms with E-state index in [-0.39, 0.29) is 0 Å². The van der Waals surface area contributed by atoms with Crippen LogP contribution < -0.4 is 4.74 Å². The van der Waals surface area contributed by atoms with Gasteiger partial charge < -0.3 is 13.7 Å². The maximum absolute atomic E-state index is 5.30. The Bertz CT molecular complexity index is 1320. The second-order valence-electron chi connectivity index (χ2n) is 6.82. The molecule has 0 unspecified atom stereocenters. The van der Waals surface area contributed by atoms with Gasteiger partial charge in [-0.15, -0.1) is 10.2 Å². The summed E-state index contributed by atoms with van der Waals surface area (Å²) >= 11 is 1.59. The molecule has 0 spiro atoms. The molecule has 0 aliphatic rings. The molecular weight excluding hydrogens is 424 g/mol. The minimum absolute atomic E-state index is 0.477. The van der Waals surface area contributed by atoms with Crippen molar-refractivity contribution in [3.63, 3.8) is 0 Å². The SMILES string of the molecule is COc1ccc(Sc2c(-c3ccc(-c4nnco4)cc3)nc(-c3ccccn3)n2C)cn1. The summed E-state index contributed by atoms with van der Waals surface area (Å²) < 4.78 is 12.5. The van der Waals surface area contributed by atoms with E-state index in [9.17, 15) is 0 Å². The predicted molar refractivity (Wildman–Crippen MR) is 120 cm³/mol. The molecule has 0 saturated heterocycles. The first-order chi connectivity index (χ1) is 15.7. The van der Waals surface area contributed by atoms with Crippen molar-refractivity contribution >= 4 is 11.8 Å². The topological polar surface area (TPSA) is 91.8 Å². The van der Waals surface area contributed by atoms with Crippen molar-refractivity contribution < 1.29 is 9.15 Å². The number of rotatable bonds is 6. The van der Waals surface area contributed by atoms with Crippen molar-refractivity contribution in [2.45, 2.75) is 9.92 Å². The summed E-state index contributed by atoms with van der Waals surface area (Å²) in [7, 11) is 3.60. The Labute approximate surface area is 188 Å². The zero-order valence-corrected chi connectivity index (χ0v) is 18.2. The Morgan fingerprint density at radius 2 is 1.81 bits per heavy atom. The van der Waals surface area contributed by atoms with Gasteiger partial charge in [-0.2, -0.15) is 0 Å². The first-order valence-corrected chi connectivity index (χ1v) is 10.6. The normalized spacial score (nSPS) is 10.9. The maximum Gasteiger partial charge on any atom is 0.247 e. The number of hydrogen-bond donors (Lipinski definition) is 0. The molecule has 0 saturated carbocycles. The smallest absolute Gasteiger partial charge is 0.247 e. The van der Waals surface area contributed by atoms with Crippen LogP contribution in [0, 0.1) is 0 Å². The standard InChI is InChI=1S/C23H18N6O2S/c1-29-21(18-5-3-4-12-24-18)27-20(23(29)32-17-10-11-19(30-2)25-13-17)15-6-8-16(9-7-15)22-28-26-14-31-22/h3-14H,1-2H3. The highest BCUT2D eigenvalue weighted by Crippen LogP contribution is 2.38. The van der Waals surface area contributed by atoms with Crippen LogP contribution in [-0.4, -0.2) is 36.8 Å². The van der Waals surface area contributed by atoms with Crippen LogP contribution in [0.3, 0.4) is 0 Å². The van der Waals surface area contributed by atoms with E-state index in [1.54, 1.807) is 31.3 Å². The first-order valence-electron chi connectivity index (χ1n) is 9.76. The number of ether oxygens (including phenoxy) is 1. The molecular formula is C23H18N6O2S. The van der Waals surface area contributed by atoms with Crippen LogP contribution in [0.15, 0.2) is 87.7 Å². The summed E-state index contributed by atoms with van der Waals surface area (Å²) in [4.78, 5) is 14.7. The molecule has 0 aliphatic carbocycles. The third-order valence-corrected chi connectivity index (χ3v) is 5.97. The van der Waals surface area contributed by atoms with E-state index in [1.165, 1.54) is 6.39 Å². The van der Waals surface area contributed by atoms with E-state index >= 15 is 0 Å². The van der Waals surface area contributed by atoms with Crippen molar-refractivity contribution in [2.24, 2.45) is 7.05 Å². The fourth-order valence-corrected chi connectivity index (χ4v) is 4.19. The molecule has 32 heavy (non-hydrogen) atoms. The molecule has 4 heterocycles. The van der Waals surface area contributed by atoms with Crippen LogP contribution in [0.5, 0.6) is 5.88 Å². The van der Waals surface area contributed by atoms with Gasteiger partial charge in [-0.25, -0.2) is 9.97 Å². The number of benzene rings is 1. The van der Waals surface area contributed by atoms with Crippen molar-refractivity contribution in [1.29, 1.82) is 0 Å². The lowest BCUT2D eigenvalue weighted by atomic mass is 10.1. The van der Waals surface area contributed by atoms with Gasteiger partial charge in [0.15, 0.2) is 5.82 Å². The molecule has 0 aliphatic heterocycles. The first kappa shape index (κ1) is 20.0. The van der Waals surface area contributed by atoms with E-state index in [2.05, 4.69) is 24.7 Å². The molecule has 0 amide bonds. The summed E-state index contributed by atoms with van der Waals surface area (Å²) in [5, 5.41) is 8.69. The van der Waals surface area contributed by atoms with E-state index in [1.807, 2.05) is 61.6 Å². The maximum atomic E-state index is 5.30. The Balaban J connectivity index is 1.58. The summed E-state index contributed by atoms with van der Waals surface area (Å²) in [5.41, 5.74) is 3.47. The predicted octanol–water partition coefficient (Wildman–Crippen LogP) is 4.75. The van der Waals surface area contributed by atoms with Crippen LogP contribution in [0.1, 0.15) is 0 Å². The van der Waals surface area contributed by atoms with Crippen molar-refractivity contribution in [3.8, 4) is 40.1 Å². The lowest BCUT2D eigenvalue weighted by Gasteiger charge is -2.08. The molecule has 0 atom stereocenters. The Morgan fingerprint density at radius 1 is 0.969 bits per heavy atom. The average molecular weight is 443 g/mol. The van der Waals surface area contributed by atoms with Crippen LogP contribution in [0.2, 0.25) is 0 Å². The van der Waals surface area contributed by atoms with Crippen molar-refractivity contribution in [1.82, 2.24) is 29.7 Å². The van der Waals surface area contributed by atoms with Gasteiger partial charge in [0, 0.05) is 41.5 Å². The molecule has 4 aromatic heterocycles. The Hall–Kier alpha value is -3.98. The monoisotopic (exact) mass is 442 g/mol. The van der Waals surface area contributed by atoms with Crippen LogP contribution in [0.4, 0.5) is 0 Å². The molecule has 0 fully saturated rings. The molecule has 5 aromatic rings. The van der Waals surface area contributed by atoms with E-state index in [0.29, 0.717) is 11.8 Å². The molecule has 0 N–H and O–H groups in total. The average Bonchev–Trinajstić information content (AvgIpc) is 3.50. The van der Waals surface area contributed by atoms with Gasteiger partial charge in [0.05, 0.1) is 7.11 Å². The molecule has 0 radical (unpaired) electrons. The van der Waals surface area contributed by atoms with Gasteiger partial charge in [0.2, 0.25) is 18.2 Å². The van der Waals surface area contributed by atoms with Crippen LogP contribution in [0.25, 0.3) is 34.2 Å². The fourth-order valence-electron chi connectivity index (χ4n) is 3.24. The molecule has 5 rings (SSSR count). The van der Waals surface area contributed by atoms with Gasteiger partial charge in [-0.3, -0.25) is 4.98 Å². The minimum atomic E-state index is 0.477. The Kier molecular flexibility index (Phi) is 5.39. The van der Waals surface area contributed by atoms with E-state index in [0.717, 1.165) is 38.3 Å². The largest absolute Gasteiger partial charge is 0.481 e. The minimum Gasteiger partial charge on any atom is -0.481 e. The molecule has 1 aromatic carbocycles. The molecule has 9 heteroatoms. The van der Waals surface area contributed by atoms with E-state index in [4.69, 9.17) is 14.1 Å². The summed E-state index contributed by atoms with van der Waals surface area (Å²) in [6.45, 7) is 0. The number of nitrogens with zero attached hydrogens (tertiary/aromatic N) is 6. The number of hydrogen-bond acceptors (Lipinski definition) is 8. The van der Waals surface area contributed by atoms with Crippen molar-refractivity contribution in [3.05, 3.63) is 73.4 Å². The zero-order chi connectivity index (χ0) is 21.9. The number of pyridine rings is 2. The fraction of sp³-hybridized carbons (Fsp3) is 0.0870. The van der Waals surface area contributed by atoms with Crippen LogP contribution in [-0.2, 0) is 7.05 Å². The van der Waals surface area contributed by atoms with Gasteiger partial charge in [0.1, 0.15) is 16.4 Å². The van der Waals surface area contributed by atoms with Gasteiger partial charge in [0.25, 0.3) is 0 Å². The second-order valence-corrected chi connectivity index (χ2v) is 7.88. The third-order valence-electron chi connectivity index (χ3n) is 4.83. The zero-order valence-electron chi connectivity index (χ0n) is 17.3. The summed E-state index contributed by atoms with van der Waals surface area (Å²) in [5.74, 6) is 1.83. The molecule has 0 bridgehead atoms. The lowest BCUT2D eigenvalue weighted by molar-refractivity contribution is 0.397. The van der Waals surface area contributed by atoms with Gasteiger partial charge in [-0.1, -0.05) is 30.0 Å². The second kappa shape index (κ2) is 8.64. The summed E-state index contributed by atoms with van der Waals surface area (Å²) in [6, 6.07) is 17.5. The van der Waals surface area contributed by atoms with Gasteiger partial charge in [-0.05, 0) is 30.3 Å². The number of imidazole rings is 1. The lowest BCUT2D eigenvalue weighted by Crippen LogP contribution is -1.96. The summed E-state index contributed by atoms with van der Waals surface area (Å²) in [6.07, 6.45) is 4.88. The van der Waals surface area contributed by atoms with Crippen LogP contribution >= 0.6 is 11.8 Å². The highest BCUT2D eigenvalue weighted by molar-refractivity contribution is 7.99. The van der Waals surface area contributed by atoms with E-state index < -0.39 is 0 Å². The highest BCUT2D eigenvalue weighted by atomic mass is 32.2. The van der Waals surface area contributed by atoms with Crippen molar-refractivity contribution in [2.75, 3.05) is 7.11 Å². The Morgan fingerprint density at radius 3 is 2.47 bits per heavy atom. The number of methoxy groups -OCH3 is 1. The third kappa shape index (κ3) is 3.85. The quantitative estimate of drug-likeness (QED) is 0.372. The highest BCUT2D eigenvalue weighted by Gasteiger charge is 2.20. The number of aromatic nitrogens is 6. The van der Waals surface area contributed by atoms with Gasteiger partial charge >= 0.3 is 0 Å².